The quantitative estimate of drug-likeness (QED) is 0.801. The molecule has 3 heteroatoms. The third-order valence-corrected chi connectivity index (χ3v) is 2.97. The lowest BCUT2D eigenvalue weighted by molar-refractivity contribution is 0.146. The van der Waals surface area contributed by atoms with Gasteiger partial charge in [-0.3, -0.25) is 0 Å². The Morgan fingerprint density at radius 1 is 1.54 bits per heavy atom. The van der Waals surface area contributed by atoms with E-state index in [2.05, 4.69) is 42.7 Å². The third-order valence-electron chi connectivity index (χ3n) is 2.27. The van der Waals surface area contributed by atoms with Crippen LogP contribution in [-0.2, 0) is 0 Å². The normalized spacial score (nSPS) is 16.1. The van der Waals surface area contributed by atoms with Crippen LogP contribution < -0.4 is 0 Å². The SMILES string of the molecule is CC(CO)C(c1ccsc1)N(C)C. The van der Waals surface area contributed by atoms with Crippen molar-refractivity contribution in [3.05, 3.63) is 22.4 Å². The molecular formula is C10H17NOS. The van der Waals surface area contributed by atoms with Crippen molar-refractivity contribution in [3.63, 3.8) is 0 Å². The molecule has 0 bridgehead atoms. The molecule has 74 valence electrons. The lowest BCUT2D eigenvalue weighted by Gasteiger charge is -2.28. The molecule has 0 saturated heterocycles. The summed E-state index contributed by atoms with van der Waals surface area (Å²) < 4.78 is 0. The van der Waals surface area contributed by atoms with E-state index in [1.165, 1.54) is 5.56 Å². The first kappa shape index (κ1) is 10.7. The van der Waals surface area contributed by atoms with E-state index in [0.29, 0.717) is 6.04 Å². The molecule has 2 atom stereocenters. The molecule has 0 saturated carbocycles. The zero-order valence-corrected chi connectivity index (χ0v) is 9.21. The lowest BCUT2D eigenvalue weighted by Crippen LogP contribution is -2.27. The number of aliphatic hydroxyl groups is 1. The molecule has 13 heavy (non-hydrogen) atoms. The van der Waals surface area contributed by atoms with E-state index in [9.17, 15) is 0 Å². The molecule has 0 aliphatic heterocycles. The topological polar surface area (TPSA) is 23.5 Å². The van der Waals surface area contributed by atoms with Crippen LogP contribution in [0.5, 0.6) is 0 Å². The summed E-state index contributed by atoms with van der Waals surface area (Å²) in [5.41, 5.74) is 1.30. The van der Waals surface area contributed by atoms with Crippen LogP contribution in [0, 0.1) is 5.92 Å². The fourth-order valence-corrected chi connectivity index (χ4v) is 2.37. The van der Waals surface area contributed by atoms with Crippen LogP contribution in [0.1, 0.15) is 18.5 Å². The zero-order valence-electron chi connectivity index (χ0n) is 8.40. The standard InChI is InChI=1S/C10H17NOS/c1-8(6-12)10(11(2)3)9-4-5-13-7-9/h4-5,7-8,10,12H,6H2,1-3H3. The molecule has 1 aromatic heterocycles. The van der Waals surface area contributed by atoms with Crippen molar-refractivity contribution < 1.29 is 5.11 Å². The van der Waals surface area contributed by atoms with Gasteiger partial charge in [0.2, 0.25) is 0 Å². The summed E-state index contributed by atoms with van der Waals surface area (Å²) in [6.07, 6.45) is 0. The van der Waals surface area contributed by atoms with Crippen LogP contribution in [0.15, 0.2) is 16.8 Å². The van der Waals surface area contributed by atoms with E-state index in [1.54, 1.807) is 11.3 Å². The molecule has 0 aromatic carbocycles. The van der Waals surface area contributed by atoms with Gasteiger partial charge in [-0.25, -0.2) is 0 Å². The molecule has 0 spiro atoms. The average molecular weight is 199 g/mol. The van der Waals surface area contributed by atoms with E-state index >= 15 is 0 Å². The summed E-state index contributed by atoms with van der Waals surface area (Å²) >= 11 is 1.70. The Balaban J connectivity index is 2.80. The molecule has 1 heterocycles. The minimum atomic E-state index is 0.235. The minimum Gasteiger partial charge on any atom is -0.396 e. The Bertz CT molecular complexity index is 233. The number of rotatable bonds is 4. The molecule has 0 aliphatic carbocycles. The Kier molecular flexibility index (Phi) is 3.90. The van der Waals surface area contributed by atoms with E-state index < -0.39 is 0 Å². The van der Waals surface area contributed by atoms with E-state index in [1.807, 2.05) is 0 Å². The molecule has 2 nitrogen and oxygen atoms in total. The molecule has 0 fully saturated rings. The lowest BCUT2D eigenvalue weighted by atomic mass is 9.96. The van der Waals surface area contributed by atoms with Gasteiger partial charge < -0.3 is 10.0 Å². The Morgan fingerprint density at radius 2 is 2.23 bits per heavy atom. The van der Waals surface area contributed by atoms with Crippen molar-refractivity contribution in [2.45, 2.75) is 13.0 Å². The molecule has 0 aliphatic rings. The second kappa shape index (κ2) is 4.74. The molecule has 2 unspecified atom stereocenters. The Morgan fingerprint density at radius 3 is 2.62 bits per heavy atom. The number of thiophene rings is 1. The van der Waals surface area contributed by atoms with Crippen molar-refractivity contribution >= 4 is 11.3 Å². The highest BCUT2D eigenvalue weighted by molar-refractivity contribution is 7.07. The number of aliphatic hydroxyl groups excluding tert-OH is 1. The first-order chi connectivity index (χ1) is 6.16. The summed E-state index contributed by atoms with van der Waals surface area (Å²) in [7, 11) is 4.10. The number of hydrogen-bond donors (Lipinski definition) is 1. The maximum Gasteiger partial charge on any atom is 0.0474 e. The van der Waals surface area contributed by atoms with Crippen molar-refractivity contribution in [3.8, 4) is 0 Å². The predicted molar refractivity (Wildman–Crippen MR) is 57.0 cm³/mol. The van der Waals surface area contributed by atoms with Gasteiger partial charge in [-0.15, -0.1) is 0 Å². The summed E-state index contributed by atoms with van der Waals surface area (Å²) in [6.45, 7) is 2.31. The number of hydrogen-bond acceptors (Lipinski definition) is 3. The largest absolute Gasteiger partial charge is 0.396 e. The van der Waals surface area contributed by atoms with Gasteiger partial charge in [0.1, 0.15) is 0 Å². The first-order valence-electron chi connectivity index (χ1n) is 4.46. The van der Waals surface area contributed by atoms with Gasteiger partial charge in [-0.1, -0.05) is 6.92 Å². The predicted octanol–water partition coefficient (Wildman–Crippen LogP) is 1.98. The van der Waals surface area contributed by atoms with Crippen LogP contribution in [-0.4, -0.2) is 30.7 Å². The molecule has 0 radical (unpaired) electrons. The van der Waals surface area contributed by atoms with Crippen molar-refractivity contribution in [1.29, 1.82) is 0 Å². The van der Waals surface area contributed by atoms with Gasteiger partial charge in [0.05, 0.1) is 0 Å². The third kappa shape index (κ3) is 2.53. The summed E-state index contributed by atoms with van der Waals surface area (Å²) in [5.74, 6) is 0.282. The van der Waals surface area contributed by atoms with E-state index in [-0.39, 0.29) is 12.5 Å². The highest BCUT2D eigenvalue weighted by atomic mass is 32.1. The van der Waals surface area contributed by atoms with Crippen molar-refractivity contribution in [2.75, 3.05) is 20.7 Å². The fourth-order valence-electron chi connectivity index (χ4n) is 1.68. The van der Waals surface area contributed by atoms with Gasteiger partial charge in [-0.2, -0.15) is 11.3 Å². The second-order valence-corrected chi connectivity index (χ2v) is 4.41. The minimum absolute atomic E-state index is 0.235. The van der Waals surface area contributed by atoms with Crippen LogP contribution in [0.25, 0.3) is 0 Å². The molecule has 1 aromatic rings. The van der Waals surface area contributed by atoms with Crippen LogP contribution >= 0.6 is 11.3 Å². The molecule has 1 N–H and O–H groups in total. The van der Waals surface area contributed by atoms with Crippen molar-refractivity contribution in [1.82, 2.24) is 4.90 Å². The van der Waals surface area contributed by atoms with Crippen LogP contribution in [0.3, 0.4) is 0 Å². The molecule has 1 rings (SSSR count). The highest BCUT2D eigenvalue weighted by Gasteiger charge is 2.20. The van der Waals surface area contributed by atoms with Gasteiger partial charge in [0.15, 0.2) is 0 Å². The molecule has 0 amide bonds. The maximum atomic E-state index is 9.13. The maximum absolute atomic E-state index is 9.13. The average Bonchev–Trinajstić information content (AvgIpc) is 2.56. The van der Waals surface area contributed by atoms with Crippen LogP contribution in [0.2, 0.25) is 0 Å². The van der Waals surface area contributed by atoms with Gasteiger partial charge in [-0.05, 0) is 42.4 Å². The van der Waals surface area contributed by atoms with Gasteiger partial charge in [0.25, 0.3) is 0 Å². The van der Waals surface area contributed by atoms with Crippen LogP contribution in [0.4, 0.5) is 0 Å². The monoisotopic (exact) mass is 199 g/mol. The van der Waals surface area contributed by atoms with E-state index in [4.69, 9.17) is 5.11 Å². The summed E-state index contributed by atoms with van der Waals surface area (Å²) in [4.78, 5) is 2.16. The van der Waals surface area contributed by atoms with Gasteiger partial charge >= 0.3 is 0 Å². The Hall–Kier alpha value is -0.380. The molecular weight excluding hydrogens is 182 g/mol. The second-order valence-electron chi connectivity index (χ2n) is 3.62. The Labute approximate surface area is 83.8 Å². The summed E-state index contributed by atoms with van der Waals surface area (Å²) in [5, 5.41) is 13.4. The highest BCUT2D eigenvalue weighted by Crippen LogP contribution is 2.27. The number of nitrogens with zero attached hydrogens (tertiary/aromatic N) is 1. The zero-order chi connectivity index (χ0) is 9.84. The smallest absolute Gasteiger partial charge is 0.0474 e. The summed E-state index contributed by atoms with van der Waals surface area (Å²) in [6, 6.07) is 2.46. The fraction of sp³-hybridized carbons (Fsp3) is 0.600. The van der Waals surface area contributed by atoms with Crippen molar-refractivity contribution in [2.24, 2.45) is 5.92 Å². The van der Waals surface area contributed by atoms with Gasteiger partial charge in [0, 0.05) is 12.6 Å². The van der Waals surface area contributed by atoms with E-state index in [0.717, 1.165) is 0 Å². The first-order valence-corrected chi connectivity index (χ1v) is 5.40.